The Labute approximate surface area is 79.7 Å². The zero-order chi connectivity index (χ0) is 9.42. The lowest BCUT2D eigenvalue weighted by Crippen LogP contribution is -2.60. The highest BCUT2D eigenvalue weighted by molar-refractivity contribution is 4.92. The van der Waals surface area contributed by atoms with Crippen LogP contribution in [0.2, 0.25) is 0 Å². The fourth-order valence-corrected chi connectivity index (χ4v) is 2.76. The molecule has 1 N–H and O–H groups in total. The first kappa shape index (κ1) is 9.44. The second-order valence-corrected chi connectivity index (χ2v) is 4.51. The van der Waals surface area contributed by atoms with Crippen LogP contribution >= 0.6 is 0 Å². The summed E-state index contributed by atoms with van der Waals surface area (Å²) in [5.74, 6) is 0. The smallest absolute Gasteiger partial charge is 0.0623 e. The number of hydrogen-bond acceptors (Lipinski definition) is 3. The van der Waals surface area contributed by atoms with E-state index in [0.29, 0.717) is 18.1 Å². The maximum Gasteiger partial charge on any atom is 0.0623 e. The molecular weight excluding hydrogens is 166 g/mol. The molecule has 76 valence electrons. The predicted octanol–water partition coefficient (Wildman–Crippen LogP) is 0.619. The molecule has 2 heterocycles. The van der Waals surface area contributed by atoms with Crippen LogP contribution in [0.25, 0.3) is 0 Å². The Hall–Kier alpha value is -0.120. The lowest BCUT2D eigenvalue weighted by Gasteiger charge is -2.49. The van der Waals surface area contributed by atoms with Crippen molar-refractivity contribution >= 4 is 0 Å². The van der Waals surface area contributed by atoms with Gasteiger partial charge in [-0.15, -0.1) is 0 Å². The minimum atomic E-state index is -0.103. The van der Waals surface area contributed by atoms with Gasteiger partial charge >= 0.3 is 0 Å². The fraction of sp³-hybridized carbons (Fsp3) is 1.00. The standard InChI is InChI=1S/C10H19NO2/c1-7(2)11-8-3-10(12)4-9(11)6-13-5-8/h7-10,12H,3-6H2,1-2H3/t8-,9?,10?/m0/s1. The topological polar surface area (TPSA) is 32.7 Å². The third kappa shape index (κ3) is 1.73. The van der Waals surface area contributed by atoms with Gasteiger partial charge in [0, 0.05) is 18.1 Å². The Morgan fingerprint density at radius 1 is 1.23 bits per heavy atom. The van der Waals surface area contributed by atoms with E-state index < -0.39 is 0 Å². The highest BCUT2D eigenvalue weighted by atomic mass is 16.5. The van der Waals surface area contributed by atoms with Crippen molar-refractivity contribution in [3.8, 4) is 0 Å². The van der Waals surface area contributed by atoms with E-state index in [1.807, 2.05) is 0 Å². The van der Waals surface area contributed by atoms with Crippen molar-refractivity contribution in [2.45, 2.75) is 50.9 Å². The minimum Gasteiger partial charge on any atom is -0.393 e. The number of nitrogens with zero attached hydrogens (tertiary/aromatic N) is 1. The Morgan fingerprint density at radius 3 is 2.23 bits per heavy atom. The molecule has 2 bridgehead atoms. The molecular formula is C10H19NO2. The largest absolute Gasteiger partial charge is 0.393 e. The Morgan fingerprint density at radius 2 is 1.77 bits per heavy atom. The average Bonchev–Trinajstić information content (AvgIpc) is 2.01. The van der Waals surface area contributed by atoms with Crippen molar-refractivity contribution in [3.05, 3.63) is 0 Å². The first-order chi connectivity index (χ1) is 6.18. The summed E-state index contributed by atoms with van der Waals surface area (Å²) in [6, 6.07) is 1.47. The molecule has 3 nitrogen and oxygen atoms in total. The summed E-state index contributed by atoms with van der Waals surface area (Å²) >= 11 is 0. The van der Waals surface area contributed by atoms with Gasteiger partial charge in [0.15, 0.2) is 0 Å². The zero-order valence-electron chi connectivity index (χ0n) is 8.44. The molecule has 0 aromatic carbocycles. The van der Waals surface area contributed by atoms with Crippen LogP contribution in [0.1, 0.15) is 26.7 Å². The number of aliphatic hydroxyl groups is 1. The lowest BCUT2D eigenvalue weighted by atomic mass is 9.91. The summed E-state index contributed by atoms with van der Waals surface area (Å²) < 4.78 is 5.51. The molecule has 2 unspecified atom stereocenters. The van der Waals surface area contributed by atoms with E-state index in [4.69, 9.17) is 4.74 Å². The monoisotopic (exact) mass is 185 g/mol. The molecule has 2 saturated heterocycles. The average molecular weight is 185 g/mol. The van der Waals surface area contributed by atoms with Crippen LogP contribution in [0.3, 0.4) is 0 Å². The molecule has 13 heavy (non-hydrogen) atoms. The van der Waals surface area contributed by atoms with Crippen LogP contribution in [0, 0.1) is 0 Å². The maximum atomic E-state index is 9.63. The number of morpholine rings is 1. The van der Waals surface area contributed by atoms with Crippen molar-refractivity contribution in [1.29, 1.82) is 0 Å². The van der Waals surface area contributed by atoms with Crippen molar-refractivity contribution < 1.29 is 9.84 Å². The van der Waals surface area contributed by atoms with E-state index in [1.54, 1.807) is 0 Å². The number of hydrogen-bond donors (Lipinski definition) is 1. The highest BCUT2D eigenvalue weighted by Crippen LogP contribution is 2.29. The molecule has 0 amide bonds. The van der Waals surface area contributed by atoms with Gasteiger partial charge in [-0.1, -0.05) is 0 Å². The molecule has 3 heteroatoms. The van der Waals surface area contributed by atoms with Gasteiger partial charge in [-0.2, -0.15) is 0 Å². The summed E-state index contributed by atoms with van der Waals surface area (Å²) in [6.07, 6.45) is 1.66. The van der Waals surface area contributed by atoms with Gasteiger partial charge in [0.1, 0.15) is 0 Å². The zero-order valence-corrected chi connectivity index (χ0v) is 8.44. The van der Waals surface area contributed by atoms with Gasteiger partial charge in [0.05, 0.1) is 19.3 Å². The van der Waals surface area contributed by atoms with E-state index in [-0.39, 0.29) is 6.10 Å². The molecule has 2 fully saturated rings. The predicted molar refractivity (Wildman–Crippen MR) is 50.6 cm³/mol. The summed E-state index contributed by atoms with van der Waals surface area (Å²) in [6.45, 7) is 6.05. The minimum absolute atomic E-state index is 0.103. The SMILES string of the molecule is CC(C)N1C2COC[C@@H]1CC(O)C2. The summed E-state index contributed by atoms with van der Waals surface area (Å²) in [5.41, 5.74) is 0. The van der Waals surface area contributed by atoms with Gasteiger partial charge in [0.2, 0.25) is 0 Å². The number of fused-ring (bicyclic) bond motifs is 2. The van der Waals surface area contributed by atoms with E-state index in [2.05, 4.69) is 18.7 Å². The normalized spacial score (nSPS) is 41.1. The molecule has 0 saturated carbocycles. The first-order valence-electron chi connectivity index (χ1n) is 5.21. The molecule has 0 aromatic rings. The van der Waals surface area contributed by atoms with Crippen molar-refractivity contribution in [3.63, 3.8) is 0 Å². The summed E-state index contributed by atoms with van der Waals surface area (Å²) in [7, 11) is 0. The number of piperidine rings is 1. The Bertz CT molecular complexity index is 170. The van der Waals surface area contributed by atoms with Crippen LogP contribution in [0.15, 0.2) is 0 Å². The quantitative estimate of drug-likeness (QED) is 0.650. The van der Waals surface area contributed by atoms with Crippen LogP contribution in [0.5, 0.6) is 0 Å². The first-order valence-corrected chi connectivity index (χ1v) is 5.21. The van der Waals surface area contributed by atoms with E-state index in [9.17, 15) is 5.11 Å². The van der Waals surface area contributed by atoms with Gasteiger partial charge in [-0.05, 0) is 26.7 Å². The van der Waals surface area contributed by atoms with Crippen LogP contribution in [-0.4, -0.2) is 47.4 Å². The fourth-order valence-electron chi connectivity index (χ4n) is 2.76. The summed E-state index contributed by atoms with van der Waals surface area (Å²) in [4.78, 5) is 2.51. The van der Waals surface area contributed by atoms with Gasteiger partial charge in [0.25, 0.3) is 0 Å². The van der Waals surface area contributed by atoms with E-state index >= 15 is 0 Å². The molecule has 0 radical (unpaired) electrons. The third-order valence-corrected chi connectivity index (χ3v) is 3.15. The molecule has 3 atom stereocenters. The molecule has 0 aromatic heterocycles. The third-order valence-electron chi connectivity index (χ3n) is 3.15. The molecule has 2 rings (SSSR count). The number of aliphatic hydroxyl groups excluding tert-OH is 1. The Balaban J connectivity index is 2.10. The van der Waals surface area contributed by atoms with Gasteiger partial charge in [-0.3, -0.25) is 4.90 Å². The van der Waals surface area contributed by atoms with Crippen LogP contribution < -0.4 is 0 Å². The summed E-state index contributed by atoms with van der Waals surface area (Å²) in [5, 5.41) is 9.63. The van der Waals surface area contributed by atoms with Crippen molar-refractivity contribution in [1.82, 2.24) is 4.90 Å². The lowest BCUT2D eigenvalue weighted by molar-refractivity contribution is -0.116. The van der Waals surface area contributed by atoms with Crippen LogP contribution in [-0.2, 0) is 4.74 Å². The molecule has 2 aliphatic heterocycles. The van der Waals surface area contributed by atoms with Gasteiger partial charge < -0.3 is 9.84 Å². The Kier molecular flexibility index (Phi) is 2.58. The van der Waals surface area contributed by atoms with E-state index in [1.165, 1.54) is 0 Å². The molecule has 0 spiro atoms. The second kappa shape index (κ2) is 3.56. The maximum absolute atomic E-state index is 9.63. The number of ether oxygens (including phenoxy) is 1. The number of rotatable bonds is 1. The highest BCUT2D eigenvalue weighted by Gasteiger charge is 2.39. The molecule has 2 aliphatic rings. The van der Waals surface area contributed by atoms with Gasteiger partial charge in [-0.25, -0.2) is 0 Å². The molecule has 0 aliphatic carbocycles. The van der Waals surface area contributed by atoms with Crippen molar-refractivity contribution in [2.24, 2.45) is 0 Å². The van der Waals surface area contributed by atoms with Crippen molar-refractivity contribution in [2.75, 3.05) is 13.2 Å². The second-order valence-electron chi connectivity index (χ2n) is 4.51. The van der Waals surface area contributed by atoms with E-state index in [0.717, 1.165) is 26.1 Å². The van der Waals surface area contributed by atoms with Crippen LogP contribution in [0.4, 0.5) is 0 Å².